The predicted octanol–water partition coefficient (Wildman–Crippen LogP) is 5.87. The first-order valence-corrected chi connectivity index (χ1v) is 10.8. The first-order valence-electron chi connectivity index (χ1n) is 10.3. The third kappa shape index (κ3) is 4.94. The highest BCUT2D eigenvalue weighted by atomic mass is 32.1. The van der Waals surface area contributed by atoms with E-state index in [-0.39, 0.29) is 5.41 Å². The van der Waals surface area contributed by atoms with Crippen molar-refractivity contribution < 1.29 is 0 Å². The zero-order valence-electron chi connectivity index (χ0n) is 17.9. The molecule has 0 saturated carbocycles. The van der Waals surface area contributed by atoms with E-state index >= 15 is 0 Å². The number of nitrogens with two attached hydrogens (primary N) is 1. The Morgan fingerprint density at radius 1 is 1.20 bits per heavy atom. The summed E-state index contributed by atoms with van der Waals surface area (Å²) < 4.78 is 3.00. The molecule has 0 aliphatic heterocycles. The Balaban J connectivity index is 2.10. The molecule has 3 N–H and O–H groups in total. The van der Waals surface area contributed by atoms with Gasteiger partial charge in [-0.25, -0.2) is 4.99 Å². The van der Waals surface area contributed by atoms with E-state index < -0.39 is 0 Å². The highest BCUT2D eigenvalue weighted by Crippen LogP contribution is 2.48. The van der Waals surface area contributed by atoms with E-state index in [1.54, 1.807) is 6.20 Å². The normalized spacial score (nSPS) is 21.6. The predicted molar refractivity (Wildman–Crippen MR) is 132 cm³/mol. The molecular weight excluding hydrogens is 386 g/mol. The first kappa shape index (κ1) is 22.1. The van der Waals surface area contributed by atoms with Gasteiger partial charge in [-0.3, -0.25) is 4.72 Å². The van der Waals surface area contributed by atoms with Crippen LogP contribution in [0.5, 0.6) is 0 Å². The molecule has 0 saturated heterocycles. The van der Waals surface area contributed by atoms with Gasteiger partial charge in [0, 0.05) is 12.0 Å². The number of hydrogen-bond donors (Lipinski definition) is 3. The maximum absolute atomic E-state index is 6.11. The van der Waals surface area contributed by atoms with Crippen molar-refractivity contribution in [3.8, 4) is 0 Å². The van der Waals surface area contributed by atoms with Gasteiger partial charge < -0.3 is 5.73 Å². The van der Waals surface area contributed by atoms with Crippen molar-refractivity contribution >= 4 is 24.2 Å². The lowest BCUT2D eigenvalue weighted by Gasteiger charge is -2.41. The molecule has 0 fully saturated rings. The summed E-state index contributed by atoms with van der Waals surface area (Å²) in [6.07, 6.45) is 6.46. The lowest BCUT2D eigenvalue weighted by molar-refractivity contribution is 0.408. The molecule has 1 atom stereocenters. The van der Waals surface area contributed by atoms with Crippen LogP contribution < -0.4 is 10.5 Å². The highest BCUT2D eigenvalue weighted by molar-refractivity contribution is 7.78. The van der Waals surface area contributed by atoms with E-state index in [1.165, 1.54) is 16.7 Å². The fourth-order valence-corrected chi connectivity index (χ4v) is 4.24. The van der Waals surface area contributed by atoms with Gasteiger partial charge in [-0.1, -0.05) is 78.6 Å². The van der Waals surface area contributed by atoms with E-state index in [2.05, 4.69) is 86.5 Å². The fraction of sp³-hybridized carbons (Fsp3) is 0.269. The monoisotopic (exact) mass is 417 g/mol. The van der Waals surface area contributed by atoms with Gasteiger partial charge in [0.05, 0.1) is 11.4 Å². The van der Waals surface area contributed by atoms with E-state index in [0.29, 0.717) is 0 Å². The minimum absolute atomic E-state index is 0.191. The van der Waals surface area contributed by atoms with Crippen molar-refractivity contribution in [2.75, 3.05) is 6.54 Å². The maximum atomic E-state index is 6.11. The van der Waals surface area contributed by atoms with Gasteiger partial charge in [-0.05, 0) is 68.7 Å². The Hall–Kier alpha value is -2.56. The van der Waals surface area contributed by atoms with Crippen molar-refractivity contribution in [1.82, 2.24) is 4.72 Å². The molecule has 0 spiro atoms. The molecule has 1 aliphatic rings. The van der Waals surface area contributed by atoms with Crippen LogP contribution in [0.4, 0.5) is 5.69 Å². The molecule has 0 radical (unpaired) electrons. The van der Waals surface area contributed by atoms with Crippen LogP contribution in [0.25, 0.3) is 0 Å². The third-order valence-electron chi connectivity index (χ3n) is 5.90. The van der Waals surface area contributed by atoms with Crippen LogP contribution in [0.2, 0.25) is 0 Å². The summed E-state index contributed by atoms with van der Waals surface area (Å²) in [5, 5.41) is 0. The van der Waals surface area contributed by atoms with Gasteiger partial charge in [0.1, 0.15) is 0 Å². The van der Waals surface area contributed by atoms with Gasteiger partial charge in [0.15, 0.2) is 0 Å². The molecule has 0 bridgehead atoms. The zero-order valence-corrected chi connectivity index (χ0v) is 18.8. The molecule has 1 unspecified atom stereocenters. The standard InChI is InChI=1S/C26H31N3S/c1-19(2)26(16-21-7-5-4-6-8-21)17-22(18-27)25(15-23(26)13-14-28-30)29-24-11-9-20(3)10-12-24/h4-12,15,18,28,30H,1,13-14,16-17,27H2,2-3H3. The minimum Gasteiger partial charge on any atom is -0.404 e. The molecule has 156 valence electrons. The van der Waals surface area contributed by atoms with Crippen LogP contribution in [0.1, 0.15) is 30.9 Å². The lowest BCUT2D eigenvalue weighted by Crippen LogP contribution is -2.34. The van der Waals surface area contributed by atoms with Crippen molar-refractivity contribution in [3.63, 3.8) is 0 Å². The number of allylic oxidation sites excluding steroid dienone is 3. The van der Waals surface area contributed by atoms with Gasteiger partial charge in [-0.15, -0.1) is 0 Å². The number of aliphatic imine (C=N–C) groups is 1. The fourth-order valence-electron chi connectivity index (χ4n) is 4.13. The number of benzene rings is 2. The minimum atomic E-state index is -0.191. The van der Waals surface area contributed by atoms with E-state index in [1.807, 2.05) is 12.1 Å². The number of rotatable bonds is 7. The average Bonchev–Trinajstić information content (AvgIpc) is 2.75. The largest absolute Gasteiger partial charge is 0.404 e. The lowest BCUT2D eigenvalue weighted by atomic mass is 9.62. The van der Waals surface area contributed by atoms with E-state index in [4.69, 9.17) is 10.7 Å². The quantitative estimate of drug-likeness (QED) is 0.390. The summed E-state index contributed by atoms with van der Waals surface area (Å²) in [5.74, 6) is 0. The third-order valence-corrected chi connectivity index (χ3v) is 6.13. The van der Waals surface area contributed by atoms with E-state index in [0.717, 1.165) is 48.4 Å². The molecule has 3 rings (SSSR count). The van der Waals surface area contributed by atoms with Gasteiger partial charge >= 0.3 is 0 Å². The Labute approximate surface area is 186 Å². The van der Waals surface area contributed by atoms with Crippen molar-refractivity contribution in [1.29, 1.82) is 0 Å². The number of nitrogens with one attached hydrogen (secondary N) is 1. The average molecular weight is 418 g/mol. The van der Waals surface area contributed by atoms with Crippen LogP contribution in [0, 0.1) is 12.3 Å². The SMILES string of the molecule is C=C(C)C1(Cc2ccccc2)CC(=CN)C(=Nc2ccc(C)cc2)C=C1CCNS. The Kier molecular flexibility index (Phi) is 7.35. The first-order chi connectivity index (χ1) is 14.5. The van der Waals surface area contributed by atoms with Crippen LogP contribution in [-0.2, 0) is 6.42 Å². The number of nitrogens with zero attached hydrogens (tertiary/aromatic N) is 1. The van der Waals surface area contributed by atoms with Gasteiger partial charge in [0.25, 0.3) is 0 Å². The summed E-state index contributed by atoms with van der Waals surface area (Å²) in [5.41, 5.74) is 13.8. The van der Waals surface area contributed by atoms with Crippen LogP contribution in [0.3, 0.4) is 0 Å². The smallest absolute Gasteiger partial charge is 0.0683 e. The molecule has 2 aromatic rings. The summed E-state index contributed by atoms with van der Waals surface area (Å²) in [6, 6.07) is 18.8. The molecule has 4 heteroatoms. The molecule has 1 aliphatic carbocycles. The van der Waals surface area contributed by atoms with Crippen molar-refractivity contribution in [2.45, 2.75) is 33.1 Å². The van der Waals surface area contributed by atoms with Crippen molar-refractivity contribution in [2.24, 2.45) is 16.1 Å². The van der Waals surface area contributed by atoms with Crippen LogP contribution in [-0.4, -0.2) is 12.3 Å². The Morgan fingerprint density at radius 3 is 2.50 bits per heavy atom. The molecule has 2 aromatic carbocycles. The maximum Gasteiger partial charge on any atom is 0.0683 e. The molecule has 30 heavy (non-hydrogen) atoms. The second kappa shape index (κ2) is 9.96. The highest BCUT2D eigenvalue weighted by Gasteiger charge is 2.39. The molecule has 0 heterocycles. The Morgan fingerprint density at radius 2 is 1.90 bits per heavy atom. The van der Waals surface area contributed by atoms with Crippen LogP contribution in [0.15, 0.2) is 95.2 Å². The van der Waals surface area contributed by atoms with E-state index in [9.17, 15) is 0 Å². The number of thiol groups is 1. The topological polar surface area (TPSA) is 50.4 Å². The molecule has 3 nitrogen and oxygen atoms in total. The Bertz CT molecular complexity index is 971. The number of hydrogen-bond acceptors (Lipinski definition) is 4. The van der Waals surface area contributed by atoms with Gasteiger partial charge in [-0.2, -0.15) is 0 Å². The summed E-state index contributed by atoms with van der Waals surface area (Å²) in [6.45, 7) is 9.39. The number of aryl methyl sites for hydroxylation is 1. The molecule has 0 aromatic heterocycles. The second-order valence-corrected chi connectivity index (χ2v) is 8.37. The second-order valence-electron chi connectivity index (χ2n) is 8.05. The summed E-state index contributed by atoms with van der Waals surface area (Å²) >= 11 is 4.22. The molecular formula is C26H31N3S. The van der Waals surface area contributed by atoms with Crippen LogP contribution >= 0.6 is 12.8 Å². The van der Waals surface area contributed by atoms with Gasteiger partial charge in [0.2, 0.25) is 0 Å². The van der Waals surface area contributed by atoms with Crippen molar-refractivity contribution in [3.05, 3.63) is 101 Å². The zero-order chi connectivity index (χ0) is 21.6. The summed E-state index contributed by atoms with van der Waals surface area (Å²) in [7, 11) is 0. The molecule has 0 amide bonds. The summed E-state index contributed by atoms with van der Waals surface area (Å²) in [4.78, 5) is 4.92.